The molecule has 1 aromatic rings. The summed E-state index contributed by atoms with van der Waals surface area (Å²) in [5.41, 5.74) is -0.168. The normalized spacial score (nSPS) is 23.5. The number of non-ortho nitro benzene ring substituents is 1. The zero-order valence-corrected chi connectivity index (χ0v) is 13.9. The van der Waals surface area contributed by atoms with Gasteiger partial charge in [-0.25, -0.2) is 0 Å². The first-order valence-electron chi connectivity index (χ1n) is 7.23. The van der Waals surface area contributed by atoms with Gasteiger partial charge in [-0.2, -0.15) is 0 Å². The van der Waals surface area contributed by atoms with Crippen molar-refractivity contribution in [3.8, 4) is 5.75 Å². The van der Waals surface area contributed by atoms with Crippen molar-refractivity contribution in [2.45, 2.75) is 18.9 Å². The topological polar surface area (TPSA) is 61.6 Å². The maximum Gasteiger partial charge on any atom is 0.272 e. The van der Waals surface area contributed by atoms with E-state index in [0.717, 1.165) is 18.6 Å². The Balaban J connectivity index is 1.90. The molecule has 2 unspecified atom stereocenters. The molecule has 1 fully saturated rings. The highest BCUT2D eigenvalue weighted by Crippen LogP contribution is 2.46. The molecule has 2 aliphatic rings. The number of halogens is 2. The number of nitrogens with zero attached hydrogens (tertiary/aromatic N) is 1. The third-order valence-corrected chi connectivity index (χ3v) is 4.62. The van der Waals surface area contributed by atoms with E-state index >= 15 is 0 Å². The monoisotopic (exact) mass is 355 g/mol. The number of hydrogen-bond donors (Lipinski definition) is 0. The molecule has 0 aliphatic heterocycles. The Morgan fingerprint density at radius 1 is 1.26 bits per heavy atom. The Labute approximate surface area is 143 Å². The van der Waals surface area contributed by atoms with Gasteiger partial charge in [-0.15, -0.1) is 0 Å². The highest BCUT2D eigenvalue weighted by molar-refractivity contribution is 6.37. The molecular formula is C16H15Cl2NO4. The molecule has 3 rings (SSSR count). The Kier molecular flexibility index (Phi) is 4.62. The van der Waals surface area contributed by atoms with Gasteiger partial charge < -0.3 is 9.47 Å². The van der Waals surface area contributed by atoms with Crippen molar-refractivity contribution in [2.75, 3.05) is 7.11 Å². The zero-order chi connectivity index (χ0) is 16.6. The number of nitro groups is 1. The van der Waals surface area contributed by atoms with Gasteiger partial charge in [0.05, 0.1) is 21.1 Å². The standard InChI is InChI=1S/C16H15Cl2NO4/c1-22-13-3-2-4-14(15(13)9-5-6-9)23-16-11(17)7-10(19(20)21)8-12(16)18/h2-4,7-9,13,15H,5-6H2,1H3. The molecular weight excluding hydrogens is 341 g/mol. The molecule has 0 aromatic heterocycles. The minimum Gasteiger partial charge on any atom is -0.458 e. The third-order valence-electron chi connectivity index (χ3n) is 4.06. The van der Waals surface area contributed by atoms with Gasteiger partial charge in [-0.3, -0.25) is 10.1 Å². The van der Waals surface area contributed by atoms with E-state index in [1.165, 1.54) is 12.1 Å². The molecule has 0 spiro atoms. The summed E-state index contributed by atoms with van der Waals surface area (Å²) in [5, 5.41) is 11.1. The third kappa shape index (κ3) is 3.37. The molecule has 2 atom stereocenters. The minimum absolute atomic E-state index is 0.0573. The van der Waals surface area contributed by atoms with Crippen molar-refractivity contribution in [3.05, 3.63) is 56.3 Å². The van der Waals surface area contributed by atoms with E-state index in [1.54, 1.807) is 7.11 Å². The summed E-state index contributed by atoms with van der Waals surface area (Å²) < 4.78 is 11.5. The van der Waals surface area contributed by atoms with Crippen molar-refractivity contribution >= 4 is 28.9 Å². The van der Waals surface area contributed by atoms with Crippen LogP contribution in [0.15, 0.2) is 36.1 Å². The number of allylic oxidation sites excluding steroid dienone is 2. The van der Waals surface area contributed by atoms with Crippen LogP contribution < -0.4 is 4.74 Å². The molecule has 23 heavy (non-hydrogen) atoms. The second kappa shape index (κ2) is 6.51. The lowest BCUT2D eigenvalue weighted by Crippen LogP contribution is -2.28. The van der Waals surface area contributed by atoms with Crippen molar-refractivity contribution < 1.29 is 14.4 Å². The Bertz CT molecular complexity index is 674. The van der Waals surface area contributed by atoms with E-state index in [0.29, 0.717) is 5.92 Å². The fourth-order valence-corrected chi connectivity index (χ4v) is 3.36. The van der Waals surface area contributed by atoms with Crippen molar-refractivity contribution in [1.82, 2.24) is 0 Å². The van der Waals surface area contributed by atoms with Crippen LogP contribution in [0.4, 0.5) is 5.69 Å². The Morgan fingerprint density at radius 2 is 1.91 bits per heavy atom. The average Bonchev–Trinajstić information content (AvgIpc) is 3.34. The first-order valence-corrected chi connectivity index (χ1v) is 7.99. The lowest BCUT2D eigenvalue weighted by Gasteiger charge is -2.28. The Hall–Kier alpha value is -1.56. The molecule has 0 saturated heterocycles. The number of benzene rings is 1. The maximum atomic E-state index is 10.8. The quantitative estimate of drug-likeness (QED) is 0.563. The molecule has 0 amide bonds. The summed E-state index contributed by atoms with van der Waals surface area (Å²) in [7, 11) is 1.67. The predicted molar refractivity (Wildman–Crippen MR) is 88.0 cm³/mol. The van der Waals surface area contributed by atoms with Crippen LogP contribution in [0.3, 0.4) is 0 Å². The molecule has 5 nitrogen and oxygen atoms in total. The predicted octanol–water partition coefficient (Wildman–Crippen LogP) is 4.78. The maximum absolute atomic E-state index is 10.8. The SMILES string of the molecule is COC1C=CC=C(Oc2c(Cl)cc([N+](=O)[O-])cc2Cl)C1C1CC1. The van der Waals surface area contributed by atoms with Crippen molar-refractivity contribution in [3.63, 3.8) is 0 Å². The lowest BCUT2D eigenvalue weighted by atomic mass is 9.90. The van der Waals surface area contributed by atoms with Gasteiger partial charge in [0.2, 0.25) is 0 Å². The van der Waals surface area contributed by atoms with E-state index in [1.807, 2.05) is 18.2 Å². The van der Waals surface area contributed by atoms with E-state index in [2.05, 4.69) is 0 Å². The number of methoxy groups -OCH3 is 1. The molecule has 2 aliphatic carbocycles. The average molecular weight is 356 g/mol. The fourth-order valence-electron chi connectivity index (χ4n) is 2.80. The van der Waals surface area contributed by atoms with Crippen LogP contribution in [0.5, 0.6) is 5.75 Å². The summed E-state index contributed by atoms with van der Waals surface area (Å²) in [6.45, 7) is 0. The summed E-state index contributed by atoms with van der Waals surface area (Å²) in [4.78, 5) is 10.3. The van der Waals surface area contributed by atoms with Crippen LogP contribution in [0.25, 0.3) is 0 Å². The van der Waals surface area contributed by atoms with Crippen LogP contribution >= 0.6 is 23.2 Å². The minimum atomic E-state index is -0.544. The molecule has 0 radical (unpaired) electrons. The van der Waals surface area contributed by atoms with Crippen LogP contribution in [0, 0.1) is 22.0 Å². The lowest BCUT2D eigenvalue weighted by molar-refractivity contribution is -0.384. The first kappa shape index (κ1) is 16.3. The number of ether oxygens (including phenoxy) is 2. The molecule has 122 valence electrons. The number of nitro benzene ring substituents is 1. The van der Waals surface area contributed by atoms with Gasteiger partial charge in [0, 0.05) is 25.2 Å². The molecule has 0 bridgehead atoms. The highest BCUT2D eigenvalue weighted by Gasteiger charge is 2.40. The van der Waals surface area contributed by atoms with E-state index in [9.17, 15) is 10.1 Å². The largest absolute Gasteiger partial charge is 0.458 e. The summed E-state index contributed by atoms with van der Waals surface area (Å²) in [6.07, 6.45) is 7.93. The number of hydrogen-bond acceptors (Lipinski definition) is 4. The van der Waals surface area contributed by atoms with Gasteiger partial charge in [0.1, 0.15) is 5.76 Å². The van der Waals surface area contributed by atoms with Gasteiger partial charge in [-0.1, -0.05) is 35.4 Å². The van der Waals surface area contributed by atoms with E-state index < -0.39 is 4.92 Å². The summed E-state index contributed by atoms with van der Waals surface area (Å²) in [5.74, 6) is 1.57. The van der Waals surface area contributed by atoms with Crippen LogP contribution in [0.1, 0.15) is 12.8 Å². The van der Waals surface area contributed by atoms with Gasteiger partial charge >= 0.3 is 0 Å². The number of rotatable bonds is 5. The van der Waals surface area contributed by atoms with Crippen molar-refractivity contribution in [2.24, 2.45) is 11.8 Å². The van der Waals surface area contributed by atoms with Crippen LogP contribution in [0.2, 0.25) is 10.0 Å². The zero-order valence-electron chi connectivity index (χ0n) is 12.4. The van der Waals surface area contributed by atoms with Gasteiger partial charge in [0.25, 0.3) is 5.69 Å². The molecule has 0 N–H and O–H groups in total. The van der Waals surface area contributed by atoms with Crippen molar-refractivity contribution in [1.29, 1.82) is 0 Å². The Morgan fingerprint density at radius 3 is 2.43 bits per heavy atom. The van der Waals surface area contributed by atoms with Crippen LogP contribution in [-0.2, 0) is 4.74 Å². The smallest absolute Gasteiger partial charge is 0.272 e. The van der Waals surface area contributed by atoms with Gasteiger partial charge in [0.15, 0.2) is 5.75 Å². The molecule has 1 saturated carbocycles. The van der Waals surface area contributed by atoms with Crippen LogP contribution in [-0.4, -0.2) is 18.1 Å². The highest BCUT2D eigenvalue weighted by atomic mass is 35.5. The summed E-state index contributed by atoms with van der Waals surface area (Å²) in [6, 6.07) is 2.48. The fraction of sp³-hybridized carbons (Fsp3) is 0.375. The molecule has 7 heteroatoms. The second-order valence-corrected chi connectivity index (χ2v) is 6.43. The molecule has 1 aromatic carbocycles. The van der Waals surface area contributed by atoms with E-state index in [-0.39, 0.29) is 33.5 Å². The van der Waals surface area contributed by atoms with Gasteiger partial charge in [-0.05, 0) is 24.8 Å². The summed E-state index contributed by atoms with van der Waals surface area (Å²) >= 11 is 12.2. The second-order valence-electron chi connectivity index (χ2n) is 5.62. The molecule has 0 heterocycles. The van der Waals surface area contributed by atoms with E-state index in [4.69, 9.17) is 32.7 Å². The first-order chi connectivity index (χ1) is 11.0.